The van der Waals surface area contributed by atoms with E-state index in [4.69, 9.17) is 20.8 Å². The third-order valence-electron chi connectivity index (χ3n) is 5.77. The fraction of sp³-hybridized carbons (Fsp3) is 0.375. The smallest absolute Gasteiger partial charge is 0.290 e. The molecule has 0 bridgehead atoms. The lowest BCUT2D eigenvalue weighted by Gasteiger charge is -2.25. The quantitative estimate of drug-likeness (QED) is 0.530. The molecule has 0 radical (unpaired) electrons. The van der Waals surface area contributed by atoms with Gasteiger partial charge in [0.1, 0.15) is 5.58 Å². The van der Waals surface area contributed by atoms with E-state index in [2.05, 4.69) is 19.9 Å². The van der Waals surface area contributed by atoms with Gasteiger partial charge in [-0.3, -0.25) is 4.79 Å². The summed E-state index contributed by atoms with van der Waals surface area (Å²) in [6.45, 7) is 7.89. The van der Waals surface area contributed by atoms with Crippen LogP contribution in [0.15, 0.2) is 40.8 Å². The second-order valence-electron chi connectivity index (χ2n) is 7.94. The first-order valence-electron chi connectivity index (χ1n) is 10.1. The molecule has 1 amide bonds. The molecule has 0 N–H and O–H groups in total. The van der Waals surface area contributed by atoms with Crippen molar-refractivity contribution in [1.29, 1.82) is 0 Å². The van der Waals surface area contributed by atoms with E-state index in [1.54, 1.807) is 0 Å². The van der Waals surface area contributed by atoms with Gasteiger partial charge in [0.05, 0.1) is 6.10 Å². The lowest BCUT2D eigenvalue weighted by Crippen LogP contribution is -2.37. The van der Waals surface area contributed by atoms with Gasteiger partial charge in [0.15, 0.2) is 5.76 Å². The van der Waals surface area contributed by atoms with Crippen molar-refractivity contribution in [1.82, 2.24) is 4.90 Å². The van der Waals surface area contributed by atoms with E-state index in [9.17, 15) is 4.79 Å². The monoisotopic (exact) mass is 411 g/mol. The molecule has 0 saturated carbocycles. The first kappa shape index (κ1) is 20.0. The average Bonchev–Trinajstić information content (AvgIpc) is 3.32. The zero-order chi connectivity index (χ0) is 20.5. The molecule has 2 heterocycles. The molecule has 0 aliphatic carbocycles. The first-order chi connectivity index (χ1) is 13.9. The zero-order valence-corrected chi connectivity index (χ0v) is 17.9. The molecule has 4 nitrogen and oxygen atoms in total. The molecule has 1 atom stereocenters. The second-order valence-corrected chi connectivity index (χ2v) is 8.37. The molecule has 1 saturated heterocycles. The average molecular weight is 412 g/mol. The SMILES string of the molecule is Cc1cc2oc(C(=O)N(Cc3ccc(Cl)cc3)CC3CCCO3)c(C)c2cc1C. The van der Waals surface area contributed by atoms with E-state index in [1.165, 1.54) is 5.56 Å². The van der Waals surface area contributed by atoms with Crippen LogP contribution in [-0.4, -0.2) is 30.1 Å². The molecule has 4 rings (SSSR count). The predicted molar refractivity (Wildman–Crippen MR) is 116 cm³/mol. The normalized spacial score (nSPS) is 16.5. The fourth-order valence-electron chi connectivity index (χ4n) is 3.89. The maximum Gasteiger partial charge on any atom is 0.290 e. The van der Waals surface area contributed by atoms with Crippen molar-refractivity contribution in [2.45, 2.75) is 46.3 Å². The van der Waals surface area contributed by atoms with Crippen LogP contribution in [-0.2, 0) is 11.3 Å². The summed E-state index contributed by atoms with van der Waals surface area (Å²) in [6.07, 6.45) is 2.08. The fourth-order valence-corrected chi connectivity index (χ4v) is 4.01. The Balaban J connectivity index is 1.67. The summed E-state index contributed by atoms with van der Waals surface area (Å²) in [5.74, 6) is 0.316. The van der Waals surface area contributed by atoms with E-state index in [0.29, 0.717) is 23.9 Å². The largest absolute Gasteiger partial charge is 0.451 e. The van der Waals surface area contributed by atoms with Gasteiger partial charge < -0.3 is 14.1 Å². The highest BCUT2D eigenvalue weighted by Gasteiger charge is 2.27. The number of ether oxygens (including phenoxy) is 1. The van der Waals surface area contributed by atoms with Gasteiger partial charge in [-0.15, -0.1) is 0 Å². The third kappa shape index (κ3) is 4.19. The molecule has 1 aliphatic heterocycles. The molecular formula is C24H26ClNO3. The Morgan fingerprint density at radius 1 is 1.14 bits per heavy atom. The molecule has 0 spiro atoms. The number of hydrogen-bond donors (Lipinski definition) is 0. The summed E-state index contributed by atoms with van der Waals surface area (Å²) in [7, 11) is 0. The van der Waals surface area contributed by atoms with Gasteiger partial charge >= 0.3 is 0 Å². The van der Waals surface area contributed by atoms with E-state index >= 15 is 0 Å². The van der Waals surface area contributed by atoms with Crippen LogP contribution in [0, 0.1) is 20.8 Å². The van der Waals surface area contributed by atoms with Crippen molar-refractivity contribution in [2.75, 3.05) is 13.2 Å². The minimum atomic E-state index is -0.0977. The highest BCUT2D eigenvalue weighted by Crippen LogP contribution is 2.29. The summed E-state index contributed by atoms with van der Waals surface area (Å²) in [6, 6.07) is 11.7. The third-order valence-corrected chi connectivity index (χ3v) is 6.02. The van der Waals surface area contributed by atoms with Crippen LogP contribution in [0.2, 0.25) is 5.02 Å². The number of carbonyl (C=O) groups is 1. The van der Waals surface area contributed by atoms with Gasteiger partial charge in [-0.2, -0.15) is 0 Å². The van der Waals surface area contributed by atoms with E-state index in [-0.39, 0.29) is 12.0 Å². The molecule has 3 aromatic rings. The molecular weight excluding hydrogens is 386 g/mol. The highest BCUT2D eigenvalue weighted by atomic mass is 35.5. The molecule has 29 heavy (non-hydrogen) atoms. The van der Waals surface area contributed by atoms with Crippen LogP contribution in [0.5, 0.6) is 0 Å². The van der Waals surface area contributed by atoms with Crippen molar-refractivity contribution in [3.05, 3.63) is 69.4 Å². The summed E-state index contributed by atoms with van der Waals surface area (Å²) in [4.78, 5) is 15.4. The van der Waals surface area contributed by atoms with Crippen LogP contribution in [0.25, 0.3) is 11.0 Å². The second kappa shape index (κ2) is 8.21. The van der Waals surface area contributed by atoms with Gasteiger partial charge in [-0.25, -0.2) is 0 Å². The maximum atomic E-state index is 13.5. The molecule has 2 aromatic carbocycles. The van der Waals surface area contributed by atoms with Gasteiger partial charge in [-0.05, 0) is 74.6 Å². The van der Waals surface area contributed by atoms with E-state index in [0.717, 1.165) is 47.1 Å². The van der Waals surface area contributed by atoms with Crippen molar-refractivity contribution < 1.29 is 13.9 Å². The van der Waals surface area contributed by atoms with Gasteiger partial charge in [-0.1, -0.05) is 23.7 Å². The topological polar surface area (TPSA) is 42.7 Å². The number of amides is 1. The number of halogens is 1. The summed E-state index contributed by atoms with van der Waals surface area (Å²) >= 11 is 6.02. The lowest BCUT2D eigenvalue weighted by atomic mass is 10.0. The molecule has 5 heteroatoms. The van der Waals surface area contributed by atoms with Gasteiger partial charge in [0.2, 0.25) is 0 Å². The van der Waals surface area contributed by atoms with Crippen LogP contribution in [0.3, 0.4) is 0 Å². The number of fused-ring (bicyclic) bond motifs is 1. The number of nitrogens with zero attached hydrogens (tertiary/aromatic N) is 1. The lowest BCUT2D eigenvalue weighted by molar-refractivity contribution is 0.0485. The number of rotatable bonds is 5. The standard InChI is InChI=1S/C24H26ClNO3/c1-15-11-21-17(3)23(29-22(21)12-16(15)2)24(27)26(14-20-5-4-10-28-20)13-18-6-8-19(25)9-7-18/h6-9,11-12,20H,4-5,10,13-14H2,1-3H3. The van der Waals surface area contributed by atoms with Crippen LogP contribution in [0.4, 0.5) is 0 Å². The Morgan fingerprint density at radius 3 is 2.55 bits per heavy atom. The summed E-state index contributed by atoms with van der Waals surface area (Å²) < 4.78 is 11.8. The Bertz CT molecular complexity index is 1030. The van der Waals surface area contributed by atoms with Crippen molar-refractivity contribution in [3.63, 3.8) is 0 Å². The summed E-state index contributed by atoms with van der Waals surface area (Å²) in [5, 5.41) is 1.68. The zero-order valence-electron chi connectivity index (χ0n) is 17.1. The van der Waals surface area contributed by atoms with Crippen molar-refractivity contribution >= 4 is 28.5 Å². The number of aryl methyl sites for hydroxylation is 3. The van der Waals surface area contributed by atoms with Crippen LogP contribution < -0.4 is 0 Å². The van der Waals surface area contributed by atoms with Gasteiger partial charge in [0.25, 0.3) is 5.91 Å². The number of hydrogen-bond acceptors (Lipinski definition) is 3. The van der Waals surface area contributed by atoms with Crippen molar-refractivity contribution in [2.24, 2.45) is 0 Å². The van der Waals surface area contributed by atoms with E-state index in [1.807, 2.05) is 42.2 Å². The molecule has 1 aliphatic rings. The molecule has 152 valence electrons. The van der Waals surface area contributed by atoms with Crippen LogP contribution >= 0.6 is 11.6 Å². The van der Waals surface area contributed by atoms with Crippen LogP contribution in [0.1, 0.15) is 45.7 Å². The van der Waals surface area contributed by atoms with E-state index < -0.39 is 0 Å². The minimum absolute atomic E-state index is 0.0698. The maximum absolute atomic E-state index is 13.5. The van der Waals surface area contributed by atoms with Crippen molar-refractivity contribution in [3.8, 4) is 0 Å². The number of furan rings is 1. The molecule has 1 fully saturated rings. The Morgan fingerprint density at radius 2 is 1.86 bits per heavy atom. The highest BCUT2D eigenvalue weighted by molar-refractivity contribution is 6.30. The number of carbonyl (C=O) groups excluding carboxylic acids is 1. The summed E-state index contributed by atoms with van der Waals surface area (Å²) in [5.41, 5.74) is 5.03. The molecule has 1 unspecified atom stereocenters. The molecule has 1 aromatic heterocycles. The Hall–Kier alpha value is -2.30. The first-order valence-corrected chi connectivity index (χ1v) is 10.5. The van der Waals surface area contributed by atoms with Gasteiger partial charge in [0, 0.05) is 35.7 Å². The number of benzene rings is 2. The predicted octanol–water partition coefficient (Wildman–Crippen LogP) is 5.83. The Kier molecular flexibility index (Phi) is 5.66. The minimum Gasteiger partial charge on any atom is -0.451 e. The Labute approximate surface area is 176 Å².